The normalized spacial score (nSPS) is 9.81. The smallest absolute Gasteiger partial charge is 0.0299 e. The summed E-state index contributed by atoms with van der Waals surface area (Å²) in [6, 6.07) is 4.18. The fourth-order valence-corrected chi connectivity index (χ4v) is 2.07. The maximum Gasteiger partial charge on any atom is 0.0299 e. The maximum atomic E-state index is 4.12. The van der Waals surface area contributed by atoms with Crippen molar-refractivity contribution in [2.45, 2.75) is 44.9 Å². The van der Waals surface area contributed by atoms with Crippen molar-refractivity contribution in [3.8, 4) is 0 Å². The summed E-state index contributed by atoms with van der Waals surface area (Å²) in [5, 5.41) is 1.16. The molecule has 0 aliphatic heterocycles. The molecule has 0 saturated heterocycles. The number of rotatable bonds is 8. The number of halogens is 2. The van der Waals surface area contributed by atoms with Crippen LogP contribution in [0.5, 0.6) is 0 Å². The summed E-state index contributed by atoms with van der Waals surface area (Å²) in [7, 11) is 0. The van der Waals surface area contributed by atoms with Gasteiger partial charge in [-0.15, -0.1) is 12.4 Å². The topological polar surface area (TPSA) is 12.9 Å². The van der Waals surface area contributed by atoms with Gasteiger partial charge in [0.2, 0.25) is 0 Å². The van der Waals surface area contributed by atoms with Crippen molar-refractivity contribution in [1.82, 2.24) is 4.98 Å². The number of pyridine rings is 1. The molecule has 0 aliphatic rings. The van der Waals surface area contributed by atoms with Gasteiger partial charge in [-0.2, -0.15) is 0 Å². The minimum Gasteiger partial charge on any atom is -0.264 e. The standard InChI is InChI=1S/C13H20BrN.ClH/c14-10-6-4-2-1-3-5-8-13-9-7-11-15-12-13;/h7,9,11-12H,1-6,8,10H2;1H. The van der Waals surface area contributed by atoms with Crippen molar-refractivity contribution in [3.63, 3.8) is 0 Å². The molecule has 92 valence electrons. The molecule has 1 aromatic rings. The zero-order chi connectivity index (χ0) is 10.8. The average molecular weight is 307 g/mol. The third-order valence-electron chi connectivity index (χ3n) is 2.57. The quantitative estimate of drug-likeness (QED) is 0.497. The lowest BCUT2D eigenvalue weighted by atomic mass is 10.1. The second kappa shape index (κ2) is 11.4. The molecule has 0 amide bonds. The molecule has 1 nitrogen and oxygen atoms in total. The van der Waals surface area contributed by atoms with Gasteiger partial charge >= 0.3 is 0 Å². The first kappa shape index (κ1) is 15.9. The highest BCUT2D eigenvalue weighted by atomic mass is 79.9. The summed E-state index contributed by atoms with van der Waals surface area (Å²) in [4.78, 5) is 4.12. The molecule has 1 heterocycles. The lowest BCUT2D eigenvalue weighted by molar-refractivity contribution is 0.609. The van der Waals surface area contributed by atoms with Crippen LogP contribution in [0.1, 0.15) is 44.1 Å². The predicted octanol–water partition coefficient (Wildman–Crippen LogP) is 4.78. The molecule has 0 aliphatic carbocycles. The summed E-state index contributed by atoms with van der Waals surface area (Å²) in [5.74, 6) is 0. The van der Waals surface area contributed by atoms with E-state index < -0.39 is 0 Å². The van der Waals surface area contributed by atoms with Gasteiger partial charge in [-0.3, -0.25) is 4.98 Å². The first-order chi connectivity index (χ1) is 7.43. The highest BCUT2D eigenvalue weighted by molar-refractivity contribution is 9.09. The first-order valence-corrected chi connectivity index (χ1v) is 7.00. The zero-order valence-electron chi connectivity index (χ0n) is 9.70. The van der Waals surface area contributed by atoms with Gasteiger partial charge in [0, 0.05) is 17.7 Å². The van der Waals surface area contributed by atoms with Gasteiger partial charge in [0.05, 0.1) is 0 Å². The van der Waals surface area contributed by atoms with Gasteiger partial charge in [-0.25, -0.2) is 0 Å². The molecule has 0 spiro atoms. The number of hydrogen-bond acceptors (Lipinski definition) is 1. The number of hydrogen-bond donors (Lipinski definition) is 0. The van der Waals surface area contributed by atoms with Crippen LogP contribution in [0.2, 0.25) is 0 Å². The molecule has 0 aromatic carbocycles. The Morgan fingerprint density at radius 1 is 1.00 bits per heavy atom. The van der Waals surface area contributed by atoms with Crippen molar-refractivity contribution in [1.29, 1.82) is 0 Å². The second-order valence-corrected chi connectivity index (χ2v) is 4.71. The Morgan fingerprint density at radius 3 is 2.31 bits per heavy atom. The fraction of sp³-hybridized carbons (Fsp3) is 0.615. The molecular weight excluding hydrogens is 286 g/mol. The number of aryl methyl sites for hydroxylation is 1. The summed E-state index contributed by atoms with van der Waals surface area (Å²) in [5.41, 5.74) is 1.37. The van der Waals surface area contributed by atoms with Gasteiger partial charge in [0.15, 0.2) is 0 Å². The van der Waals surface area contributed by atoms with Crippen molar-refractivity contribution in [2.24, 2.45) is 0 Å². The van der Waals surface area contributed by atoms with E-state index in [0.717, 1.165) is 5.33 Å². The Bertz CT molecular complexity index is 241. The van der Waals surface area contributed by atoms with E-state index in [4.69, 9.17) is 0 Å². The SMILES string of the molecule is BrCCCCCCCCc1cccnc1.Cl. The van der Waals surface area contributed by atoms with Crippen LogP contribution in [-0.4, -0.2) is 10.3 Å². The number of nitrogens with zero attached hydrogens (tertiary/aromatic N) is 1. The van der Waals surface area contributed by atoms with Crippen LogP contribution in [0.3, 0.4) is 0 Å². The summed E-state index contributed by atoms with van der Waals surface area (Å²) in [6.45, 7) is 0. The van der Waals surface area contributed by atoms with E-state index in [9.17, 15) is 0 Å². The molecule has 0 atom stereocenters. The third-order valence-corrected chi connectivity index (χ3v) is 3.13. The van der Waals surface area contributed by atoms with Gasteiger partial charge in [0.1, 0.15) is 0 Å². The molecule has 0 fully saturated rings. The minimum atomic E-state index is 0. The minimum absolute atomic E-state index is 0. The molecule has 1 aromatic heterocycles. The Balaban J connectivity index is 0.00000225. The summed E-state index contributed by atoms with van der Waals surface area (Å²) >= 11 is 3.46. The van der Waals surface area contributed by atoms with Gasteiger partial charge in [-0.05, 0) is 30.9 Å². The number of unbranched alkanes of at least 4 members (excludes halogenated alkanes) is 5. The van der Waals surface area contributed by atoms with E-state index in [1.165, 1.54) is 50.5 Å². The van der Waals surface area contributed by atoms with Crippen molar-refractivity contribution >= 4 is 28.3 Å². The van der Waals surface area contributed by atoms with Gasteiger partial charge < -0.3 is 0 Å². The second-order valence-electron chi connectivity index (χ2n) is 3.92. The highest BCUT2D eigenvalue weighted by Crippen LogP contribution is 2.09. The third kappa shape index (κ3) is 8.12. The van der Waals surface area contributed by atoms with Crippen molar-refractivity contribution < 1.29 is 0 Å². The van der Waals surface area contributed by atoms with Gasteiger partial charge in [0.25, 0.3) is 0 Å². The van der Waals surface area contributed by atoms with E-state index in [0.29, 0.717) is 0 Å². The monoisotopic (exact) mass is 305 g/mol. The van der Waals surface area contributed by atoms with Crippen LogP contribution in [0.25, 0.3) is 0 Å². The van der Waals surface area contributed by atoms with E-state index in [1.54, 1.807) is 0 Å². The maximum absolute atomic E-state index is 4.12. The molecule has 0 unspecified atom stereocenters. The molecule has 3 heteroatoms. The number of alkyl halides is 1. The largest absolute Gasteiger partial charge is 0.264 e. The van der Waals surface area contributed by atoms with Crippen LogP contribution in [-0.2, 0) is 6.42 Å². The van der Waals surface area contributed by atoms with E-state index >= 15 is 0 Å². The molecule has 1 rings (SSSR count). The van der Waals surface area contributed by atoms with E-state index in [-0.39, 0.29) is 12.4 Å². The Morgan fingerprint density at radius 2 is 1.69 bits per heavy atom. The van der Waals surface area contributed by atoms with Crippen LogP contribution < -0.4 is 0 Å². The molecule has 0 N–H and O–H groups in total. The van der Waals surface area contributed by atoms with Crippen LogP contribution in [0, 0.1) is 0 Å². The molecule has 0 saturated carbocycles. The van der Waals surface area contributed by atoms with Crippen LogP contribution in [0.4, 0.5) is 0 Å². The summed E-state index contributed by atoms with van der Waals surface area (Å²) in [6.07, 6.45) is 13.1. The summed E-state index contributed by atoms with van der Waals surface area (Å²) < 4.78 is 0. The van der Waals surface area contributed by atoms with Crippen LogP contribution >= 0.6 is 28.3 Å². The number of aromatic nitrogens is 1. The van der Waals surface area contributed by atoms with Crippen molar-refractivity contribution in [3.05, 3.63) is 30.1 Å². The lowest BCUT2D eigenvalue weighted by Gasteiger charge is -2.01. The fourth-order valence-electron chi connectivity index (χ4n) is 1.68. The average Bonchev–Trinajstić information content (AvgIpc) is 2.29. The Hall–Kier alpha value is -0.0800. The van der Waals surface area contributed by atoms with E-state index in [2.05, 4.69) is 27.0 Å². The van der Waals surface area contributed by atoms with Gasteiger partial charge in [-0.1, -0.05) is 47.7 Å². The molecular formula is C13H21BrClN. The van der Waals surface area contributed by atoms with Crippen molar-refractivity contribution in [2.75, 3.05) is 5.33 Å². The van der Waals surface area contributed by atoms with E-state index in [1.807, 2.05) is 18.5 Å². The van der Waals surface area contributed by atoms with Crippen LogP contribution in [0.15, 0.2) is 24.5 Å². The Kier molecular flexibility index (Phi) is 11.3. The Labute approximate surface area is 114 Å². The zero-order valence-corrected chi connectivity index (χ0v) is 12.1. The highest BCUT2D eigenvalue weighted by Gasteiger charge is 1.93. The predicted molar refractivity (Wildman–Crippen MR) is 76.7 cm³/mol. The molecule has 0 bridgehead atoms. The lowest BCUT2D eigenvalue weighted by Crippen LogP contribution is -1.87. The molecule has 16 heavy (non-hydrogen) atoms. The molecule has 0 radical (unpaired) electrons. The first-order valence-electron chi connectivity index (χ1n) is 5.88.